The number of carbonyl (C=O) groups excluding carboxylic acids is 2. The van der Waals surface area contributed by atoms with Gasteiger partial charge in [-0.2, -0.15) is 0 Å². The molecular formula is C36H30ClF2N3O5S. The molecule has 0 aliphatic carbocycles. The molecule has 0 heterocycles. The van der Waals surface area contributed by atoms with Gasteiger partial charge in [-0.1, -0.05) is 66.2 Å². The van der Waals surface area contributed by atoms with Crippen LogP contribution < -0.4 is 14.8 Å². The Balaban J connectivity index is 1.35. The van der Waals surface area contributed by atoms with Crippen molar-refractivity contribution in [3.8, 4) is 5.75 Å². The fourth-order valence-corrected chi connectivity index (χ4v) is 5.97. The van der Waals surface area contributed by atoms with Crippen LogP contribution in [0.15, 0.2) is 132 Å². The largest absolute Gasteiger partial charge is 0.484 e. The number of sulfonamides is 1. The van der Waals surface area contributed by atoms with Gasteiger partial charge in [0.25, 0.3) is 15.9 Å². The summed E-state index contributed by atoms with van der Waals surface area (Å²) in [6, 6.07) is 30.6. The van der Waals surface area contributed by atoms with Crippen LogP contribution in [0.1, 0.15) is 22.7 Å². The number of nitrogens with zero attached hydrogens (tertiary/aromatic N) is 1. The summed E-state index contributed by atoms with van der Waals surface area (Å²) in [5.74, 6) is -1.74. The van der Waals surface area contributed by atoms with E-state index in [1.54, 1.807) is 54.6 Å². The molecule has 48 heavy (non-hydrogen) atoms. The van der Waals surface area contributed by atoms with Gasteiger partial charge >= 0.3 is 0 Å². The Labute approximate surface area is 282 Å². The van der Waals surface area contributed by atoms with E-state index in [0.29, 0.717) is 16.1 Å². The molecule has 0 fully saturated rings. The van der Waals surface area contributed by atoms with Crippen molar-refractivity contribution in [2.75, 3.05) is 11.3 Å². The number of benzene rings is 5. The van der Waals surface area contributed by atoms with Gasteiger partial charge in [-0.15, -0.1) is 0 Å². The second kappa shape index (κ2) is 15.6. The van der Waals surface area contributed by atoms with Crippen LogP contribution in [0.5, 0.6) is 5.75 Å². The van der Waals surface area contributed by atoms with E-state index >= 15 is 0 Å². The molecule has 12 heteroatoms. The van der Waals surface area contributed by atoms with E-state index in [4.69, 9.17) is 16.3 Å². The van der Waals surface area contributed by atoms with Gasteiger partial charge in [0.1, 0.15) is 23.4 Å². The molecule has 0 spiro atoms. The van der Waals surface area contributed by atoms with Crippen molar-refractivity contribution in [2.45, 2.75) is 24.0 Å². The second-order valence-electron chi connectivity index (χ2n) is 10.7. The lowest BCUT2D eigenvalue weighted by Crippen LogP contribution is -2.45. The molecule has 0 aromatic heterocycles. The molecule has 0 radical (unpaired) electrons. The third-order valence-corrected chi connectivity index (χ3v) is 8.88. The molecule has 0 unspecified atom stereocenters. The predicted molar refractivity (Wildman–Crippen MR) is 179 cm³/mol. The fourth-order valence-electron chi connectivity index (χ4n) is 4.78. The molecule has 5 aromatic rings. The van der Waals surface area contributed by atoms with Gasteiger partial charge in [0.15, 0.2) is 6.61 Å². The van der Waals surface area contributed by atoms with Crippen molar-refractivity contribution < 1.29 is 31.5 Å². The van der Waals surface area contributed by atoms with Crippen LogP contribution in [0.2, 0.25) is 5.02 Å². The molecule has 2 amide bonds. The zero-order valence-electron chi connectivity index (χ0n) is 25.4. The molecule has 0 aliphatic rings. The minimum Gasteiger partial charge on any atom is -0.484 e. The average molecular weight is 690 g/mol. The lowest BCUT2D eigenvalue weighted by atomic mass is 10.0. The number of amides is 2. The minimum absolute atomic E-state index is 0.0391. The minimum atomic E-state index is -3.99. The predicted octanol–water partition coefficient (Wildman–Crippen LogP) is 6.88. The maximum Gasteiger partial charge on any atom is 0.261 e. The van der Waals surface area contributed by atoms with Crippen LogP contribution in [0.4, 0.5) is 14.5 Å². The van der Waals surface area contributed by atoms with Gasteiger partial charge in [0.05, 0.1) is 4.90 Å². The van der Waals surface area contributed by atoms with Crippen LogP contribution in [-0.4, -0.2) is 31.7 Å². The highest BCUT2D eigenvalue weighted by Gasteiger charge is 2.32. The van der Waals surface area contributed by atoms with Gasteiger partial charge in [-0.05, 0) is 89.5 Å². The molecule has 0 saturated heterocycles. The van der Waals surface area contributed by atoms with E-state index in [2.05, 4.69) is 10.0 Å². The molecule has 8 nitrogen and oxygen atoms in total. The summed E-state index contributed by atoms with van der Waals surface area (Å²) < 4.78 is 60.7. The lowest BCUT2D eigenvalue weighted by Gasteiger charge is -2.31. The lowest BCUT2D eigenvalue weighted by molar-refractivity contribution is -0.143. The fraction of sp³-hybridized carbons (Fsp3) is 0.111. The molecule has 5 aromatic carbocycles. The summed E-state index contributed by atoms with van der Waals surface area (Å²) in [6.07, 6.45) is 0. The van der Waals surface area contributed by atoms with Crippen molar-refractivity contribution in [1.82, 2.24) is 10.2 Å². The van der Waals surface area contributed by atoms with Crippen molar-refractivity contribution in [3.05, 3.63) is 161 Å². The Morgan fingerprint density at radius 1 is 0.750 bits per heavy atom. The van der Waals surface area contributed by atoms with Gasteiger partial charge in [0.2, 0.25) is 5.91 Å². The smallest absolute Gasteiger partial charge is 0.261 e. The number of hydrogen-bond donors (Lipinski definition) is 2. The third kappa shape index (κ3) is 9.18. The van der Waals surface area contributed by atoms with Crippen molar-refractivity contribution in [2.24, 2.45) is 0 Å². The van der Waals surface area contributed by atoms with E-state index in [1.807, 2.05) is 0 Å². The van der Waals surface area contributed by atoms with E-state index in [0.717, 1.165) is 17.7 Å². The maximum absolute atomic E-state index is 13.9. The quantitative estimate of drug-likeness (QED) is 0.140. The third-order valence-electron chi connectivity index (χ3n) is 7.23. The summed E-state index contributed by atoms with van der Waals surface area (Å²) in [6.45, 7) is -0.350. The van der Waals surface area contributed by atoms with Crippen LogP contribution in [0.25, 0.3) is 0 Å². The van der Waals surface area contributed by atoms with Crippen molar-refractivity contribution >= 4 is 39.1 Å². The van der Waals surface area contributed by atoms with E-state index in [1.165, 1.54) is 65.6 Å². The molecule has 1 atom stereocenters. The van der Waals surface area contributed by atoms with Crippen LogP contribution in [0, 0.1) is 11.6 Å². The first-order chi connectivity index (χ1) is 23.1. The highest BCUT2D eigenvalue weighted by molar-refractivity contribution is 7.92. The number of anilines is 1. The highest BCUT2D eigenvalue weighted by Crippen LogP contribution is 2.26. The summed E-state index contributed by atoms with van der Waals surface area (Å²) in [5.41, 5.74) is 2.12. The standard InChI is InChI=1S/C36H30ClF2N3O5S/c37-28-10-6-25(7-11-28)22-40-36(44)35(27-4-2-1-3-5-27)42(23-26-8-12-29(38)13-9-26)34(43)24-47-32-18-20-33(21-19-32)48(45,46)41-31-16-14-30(39)15-17-31/h1-21,35,41H,22-24H2,(H,40,44)/t35-/m0/s1. The first kappa shape index (κ1) is 34.1. The van der Waals surface area contributed by atoms with E-state index < -0.39 is 46.1 Å². The van der Waals surface area contributed by atoms with E-state index in [9.17, 15) is 26.8 Å². The van der Waals surface area contributed by atoms with Gasteiger partial charge in [-0.3, -0.25) is 14.3 Å². The molecular weight excluding hydrogens is 660 g/mol. The number of carbonyl (C=O) groups is 2. The topological polar surface area (TPSA) is 105 Å². The normalized spacial score (nSPS) is 11.7. The molecule has 0 saturated carbocycles. The zero-order valence-corrected chi connectivity index (χ0v) is 26.9. The van der Waals surface area contributed by atoms with Crippen LogP contribution in [-0.2, 0) is 32.7 Å². The average Bonchev–Trinajstić information content (AvgIpc) is 3.09. The molecule has 2 N–H and O–H groups in total. The maximum atomic E-state index is 13.9. The summed E-state index contributed by atoms with van der Waals surface area (Å²) in [4.78, 5) is 29.0. The Morgan fingerprint density at radius 3 is 1.96 bits per heavy atom. The number of ether oxygens (including phenoxy) is 1. The van der Waals surface area contributed by atoms with Crippen LogP contribution in [0.3, 0.4) is 0 Å². The number of rotatable bonds is 13. The number of nitrogens with one attached hydrogen (secondary N) is 2. The van der Waals surface area contributed by atoms with Gasteiger partial charge < -0.3 is 15.0 Å². The number of hydrogen-bond acceptors (Lipinski definition) is 5. The summed E-state index contributed by atoms with van der Waals surface area (Å²) in [7, 11) is -3.99. The van der Waals surface area contributed by atoms with Crippen LogP contribution >= 0.6 is 11.6 Å². The SMILES string of the molecule is O=C(NCc1ccc(Cl)cc1)[C@H](c1ccccc1)N(Cc1ccc(F)cc1)C(=O)COc1ccc(S(=O)(=O)Nc2ccc(F)cc2)cc1. The van der Waals surface area contributed by atoms with Crippen molar-refractivity contribution in [1.29, 1.82) is 0 Å². The Kier molecular flexibility index (Phi) is 11.0. The second-order valence-corrected chi connectivity index (χ2v) is 12.8. The Hall–Kier alpha value is -5.26. The Morgan fingerprint density at radius 2 is 1.33 bits per heavy atom. The summed E-state index contributed by atoms with van der Waals surface area (Å²) >= 11 is 6.00. The van der Waals surface area contributed by atoms with Gasteiger partial charge in [-0.25, -0.2) is 17.2 Å². The first-order valence-electron chi connectivity index (χ1n) is 14.7. The first-order valence-corrected chi connectivity index (χ1v) is 16.6. The monoisotopic (exact) mass is 689 g/mol. The van der Waals surface area contributed by atoms with E-state index in [-0.39, 0.29) is 29.4 Å². The Bertz CT molecular complexity index is 1950. The van der Waals surface area contributed by atoms with Gasteiger partial charge in [0, 0.05) is 23.8 Å². The molecule has 5 rings (SSSR count). The highest BCUT2D eigenvalue weighted by atomic mass is 35.5. The van der Waals surface area contributed by atoms with Crippen molar-refractivity contribution in [3.63, 3.8) is 0 Å². The molecule has 246 valence electrons. The summed E-state index contributed by atoms with van der Waals surface area (Å²) in [5, 5.41) is 3.46. The zero-order chi connectivity index (χ0) is 34.1. The number of halogens is 3. The molecule has 0 bridgehead atoms. The molecule has 0 aliphatic heterocycles.